The lowest BCUT2D eigenvalue weighted by Crippen LogP contribution is -2.58. The Balaban J connectivity index is 1.05. The van der Waals surface area contributed by atoms with E-state index in [1.54, 1.807) is 23.1 Å². The fourth-order valence-electron chi connectivity index (χ4n) is 7.35. The van der Waals surface area contributed by atoms with Gasteiger partial charge in [-0.1, -0.05) is 11.6 Å². The van der Waals surface area contributed by atoms with Crippen molar-refractivity contribution in [1.29, 1.82) is 0 Å². The first-order valence-electron chi connectivity index (χ1n) is 12.4. The van der Waals surface area contributed by atoms with Gasteiger partial charge >= 0.3 is 0 Å². The zero-order chi connectivity index (χ0) is 23.3. The third-order valence-electron chi connectivity index (χ3n) is 8.42. The van der Waals surface area contributed by atoms with E-state index in [0.717, 1.165) is 50.1 Å². The minimum Gasteiger partial charge on any atom is -0.340 e. The zero-order valence-electron chi connectivity index (χ0n) is 19.3. The number of hydrogen-bond acceptors (Lipinski definition) is 5. The summed E-state index contributed by atoms with van der Waals surface area (Å²) in [4.78, 5) is 34.6. The molecule has 5 aliphatic rings. The second-order valence-electron chi connectivity index (χ2n) is 10.8. The summed E-state index contributed by atoms with van der Waals surface area (Å²) in [6, 6.07) is 5.29. The number of nitrogens with zero attached hydrogens (tertiary/aromatic N) is 5. The molecule has 8 nitrogen and oxygen atoms in total. The molecule has 34 heavy (non-hydrogen) atoms. The van der Waals surface area contributed by atoms with E-state index >= 15 is 0 Å². The van der Waals surface area contributed by atoms with Crippen molar-refractivity contribution in [2.24, 2.45) is 23.2 Å². The van der Waals surface area contributed by atoms with Gasteiger partial charge in [-0.25, -0.2) is 9.67 Å². The highest BCUT2D eigenvalue weighted by Gasteiger charge is 2.55. The molecule has 1 N–H and O–H groups in total. The van der Waals surface area contributed by atoms with Gasteiger partial charge in [0.05, 0.1) is 23.3 Å². The van der Waals surface area contributed by atoms with E-state index in [0.29, 0.717) is 35.4 Å². The molecule has 4 bridgehead atoms. The summed E-state index contributed by atoms with van der Waals surface area (Å²) in [6.07, 6.45) is 10.4. The van der Waals surface area contributed by atoms with E-state index in [1.165, 1.54) is 25.6 Å². The van der Waals surface area contributed by atoms with Gasteiger partial charge in [-0.3, -0.25) is 14.5 Å². The summed E-state index contributed by atoms with van der Waals surface area (Å²) in [5.74, 6) is 2.61. The number of anilines is 1. The van der Waals surface area contributed by atoms with Crippen LogP contribution in [0.2, 0.25) is 5.02 Å². The molecular formula is C25H31ClN6O2. The van der Waals surface area contributed by atoms with Crippen LogP contribution in [0.15, 0.2) is 30.9 Å². The topological polar surface area (TPSA) is 83.4 Å². The van der Waals surface area contributed by atoms with Crippen LogP contribution < -0.4 is 5.32 Å². The van der Waals surface area contributed by atoms with E-state index in [9.17, 15) is 9.59 Å². The molecule has 9 heteroatoms. The molecule has 2 aromatic rings. The van der Waals surface area contributed by atoms with Crippen LogP contribution in [0, 0.1) is 23.2 Å². The lowest BCUT2D eigenvalue weighted by molar-refractivity contribution is -0.159. The Morgan fingerprint density at radius 3 is 2.32 bits per heavy atom. The highest BCUT2D eigenvalue weighted by Crippen LogP contribution is 2.60. The maximum absolute atomic E-state index is 13.6. The van der Waals surface area contributed by atoms with Crippen molar-refractivity contribution in [2.45, 2.75) is 38.5 Å². The zero-order valence-corrected chi connectivity index (χ0v) is 20.1. The number of benzene rings is 1. The van der Waals surface area contributed by atoms with Crippen LogP contribution >= 0.6 is 11.6 Å². The fourth-order valence-corrected chi connectivity index (χ4v) is 7.52. The summed E-state index contributed by atoms with van der Waals surface area (Å²) in [5, 5.41) is 7.67. The number of nitrogens with one attached hydrogen (secondary N) is 1. The van der Waals surface area contributed by atoms with E-state index in [-0.39, 0.29) is 17.9 Å². The third kappa shape index (κ3) is 4.11. The van der Waals surface area contributed by atoms with E-state index in [2.05, 4.69) is 25.2 Å². The number of amides is 2. The van der Waals surface area contributed by atoms with Crippen molar-refractivity contribution in [1.82, 2.24) is 24.6 Å². The van der Waals surface area contributed by atoms with Crippen LogP contribution in [-0.4, -0.2) is 69.1 Å². The van der Waals surface area contributed by atoms with Gasteiger partial charge < -0.3 is 10.2 Å². The average Bonchev–Trinajstić information content (AvgIpc) is 3.33. The molecule has 1 aromatic carbocycles. The molecular weight excluding hydrogens is 452 g/mol. The molecule has 7 rings (SSSR count). The molecule has 2 amide bonds. The molecule has 0 spiro atoms. The van der Waals surface area contributed by atoms with Gasteiger partial charge in [-0.05, 0) is 74.5 Å². The quantitative estimate of drug-likeness (QED) is 0.707. The van der Waals surface area contributed by atoms with Gasteiger partial charge in [0.1, 0.15) is 12.7 Å². The van der Waals surface area contributed by atoms with Crippen LogP contribution in [0.3, 0.4) is 0 Å². The Labute approximate surface area is 204 Å². The Kier molecular flexibility index (Phi) is 5.60. The molecule has 2 heterocycles. The molecule has 0 atom stereocenters. The van der Waals surface area contributed by atoms with Gasteiger partial charge in [-0.2, -0.15) is 5.10 Å². The number of rotatable bonds is 5. The maximum atomic E-state index is 13.6. The first kappa shape index (κ1) is 22.0. The van der Waals surface area contributed by atoms with Crippen molar-refractivity contribution in [2.75, 3.05) is 38.0 Å². The van der Waals surface area contributed by atoms with Gasteiger partial charge in [0, 0.05) is 31.2 Å². The minimum atomic E-state index is -0.107. The first-order chi connectivity index (χ1) is 16.5. The van der Waals surface area contributed by atoms with Crippen LogP contribution in [0.1, 0.15) is 38.5 Å². The molecule has 5 fully saturated rings. The summed E-state index contributed by atoms with van der Waals surface area (Å²) in [7, 11) is 0. The predicted octanol–water partition coefficient (Wildman–Crippen LogP) is 3.22. The third-order valence-corrected chi connectivity index (χ3v) is 8.65. The first-order valence-corrected chi connectivity index (χ1v) is 12.8. The number of aromatic nitrogens is 3. The number of halogens is 1. The van der Waals surface area contributed by atoms with E-state index in [1.807, 2.05) is 6.07 Å². The number of piperazine rings is 1. The standard InChI is InChI=1S/C25H31ClN6O2/c26-20-1-2-22(32-16-27-15-28-32)21(10-20)29-23(33)14-30-3-5-31(6-4-30)24(34)25-11-17-7-18(12-25)9-19(8-17)13-25/h1-2,10,15-19H,3-9,11-14H2,(H,29,33). The molecule has 180 valence electrons. The predicted molar refractivity (Wildman–Crippen MR) is 129 cm³/mol. The number of hydrogen-bond donors (Lipinski definition) is 1. The van der Waals surface area contributed by atoms with Crippen molar-refractivity contribution in [3.05, 3.63) is 35.9 Å². The summed E-state index contributed by atoms with van der Waals surface area (Å²) in [5.41, 5.74) is 1.22. The maximum Gasteiger partial charge on any atom is 0.238 e. The van der Waals surface area contributed by atoms with Crippen molar-refractivity contribution >= 4 is 29.1 Å². The number of carbonyl (C=O) groups excluding carboxylic acids is 2. The molecule has 4 saturated carbocycles. The summed E-state index contributed by atoms with van der Waals surface area (Å²) >= 11 is 6.17. The summed E-state index contributed by atoms with van der Waals surface area (Å²) in [6.45, 7) is 3.13. The van der Waals surface area contributed by atoms with E-state index in [4.69, 9.17) is 11.6 Å². The SMILES string of the molecule is O=C(CN1CCN(C(=O)C23CC4CC(CC(C4)C2)C3)CC1)Nc1cc(Cl)ccc1-n1cncn1. The lowest BCUT2D eigenvalue weighted by atomic mass is 9.49. The van der Waals surface area contributed by atoms with Crippen molar-refractivity contribution < 1.29 is 9.59 Å². The van der Waals surface area contributed by atoms with Crippen LogP contribution in [0.4, 0.5) is 5.69 Å². The van der Waals surface area contributed by atoms with Crippen molar-refractivity contribution in [3.8, 4) is 5.69 Å². The highest BCUT2D eigenvalue weighted by atomic mass is 35.5. The normalized spacial score (nSPS) is 30.5. The van der Waals surface area contributed by atoms with Crippen LogP contribution in [-0.2, 0) is 9.59 Å². The van der Waals surface area contributed by atoms with Crippen LogP contribution in [0.25, 0.3) is 5.69 Å². The summed E-state index contributed by atoms with van der Waals surface area (Å²) < 4.78 is 1.60. The molecule has 1 aliphatic heterocycles. The minimum absolute atomic E-state index is 0.0847. The molecule has 1 saturated heterocycles. The van der Waals surface area contributed by atoms with E-state index < -0.39 is 0 Å². The fraction of sp³-hybridized carbons (Fsp3) is 0.600. The Morgan fingerprint density at radius 1 is 1.03 bits per heavy atom. The lowest BCUT2D eigenvalue weighted by Gasteiger charge is -2.57. The largest absolute Gasteiger partial charge is 0.340 e. The van der Waals surface area contributed by atoms with Gasteiger partial charge in [0.15, 0.2) is 0 Å². The molecule has 1 aromatic heterocycles. The Hall–Kier alpha value is -2.45. The molecule has 4 aliphatic carbocycles. The van der Waals surface area contributed by atoms with Crippen LogP contribution in [0.5, 0.6) is 0 Å². The second-order valence-corrected chi connectivity index (χ2v) is 11.3. The highest BCUT2D eigenvalue weighted by molar-refractivity contribution is 6.31. The smallest absolute Gasteiger partial charge is 0.238 e. The van der Waals surface area contributed by atoms with Gasteiger partial charge in [0.25, 0.3) is 0 Å². The average molecular weight is 483 g/mol. The molecule has 0 radical (unpaired) electrons. The van der Waals surface area contributed by atoms with Crippen molar-refractivity contribution in [3.63, 3.8) is 0 Å². The molecule has 0 unspecified atom stereocenters. The Morgan fingerprint density at radius 2 is 1.71 bits per heavy atom. The van der Waals surface area contributed by atoms with Gasteiger partial charge in [-0.15, -0.1) is 0 Å². The second kappa shape index (κ2) is 8.64. The Bertz CT molecular complexity index is 1040. The van der Waals surface area contributed by atoms with Gasteiger partial charge in [0.2, 0.25) is 11.8 Å². The monoisotopic (exact) mass is 482 g/mol. The number of carbonyl (C=O) groups is 2.